The molecule has 41 heavy (non-hydrogen) atoms. The number of anilines is 3. The Hall–Kier alpha value is -4.66. The first-order valence-corrected chi connectivity index (χ1v) is 13.3. The number of nitrogens with one attached hydrogen (secondary N) is 2. The van der Waals surface area contributed by atoms with E-state index in [1.54, 1.807) is 30.5 Å². The highest BCUT2D eigenvalue weighted by atomic mass is 32.1. The van der Waals surface area contributed by atoms with Crippen molar-refractivity contribution >= 4 is 39.9 Å². The zero-order valence-electron chi connectivity index (χ0n) is 21.3. The van der Waals surface area contributed by atoms with Crippen LogP contribution in [-0.2, 0) is 22.4 Å². The van der Waals surface area contributed by atoms with Gasteiger partial charge in [0.15, 0.2) is 11.6 Å². The molecular formula is C26H23F3N8O3S. The largest absolute Gasteiger partial charge is 0.573 e. The molecule has 0 aliphatic carbocycles. The number of halogens is 3. The van der Waals surface area contributed by atoms with E-state index in [9.17, 15) is 22.8 Å². The molecule has 0 bridgehead atoms. The van der Waals surface area contributed by atoms with Gasteiger partial charge in [0, 0.05) is 30.9 Å². The maximum atomic E-state index is 12.5. The quantitative estimate of drug-likeness (QED) is 0.300. The number of ether oxygens (including phenoxy) is 1. The molecular weight excluding hydrogens is 561 g/mol. The first-order chi connectivity index (χ1) is 19.7. The van der Waals surface area contributed by atoms with Crippen LogP contribution in [0.2, 0.25) is 0 Å². The summed E-state index contributed by atoms with van der Waals surface area (Å²) in [4.78, 5) is 30.9. The van der Waals surface area contributed by atoms with Gasteiger partial charge in [-0.25, -0.2) is 0 Å². The maximum Gasteiger partial charge on any atom is 0.573 e. The van der Waals surface area contributed by atoms with E-state index < -0.39 is 18.0 Å². The Morgan fingerprint density at radius 3 is 2.59 bits per heavy atom. The Kier molecular flexibility index (Phi) is 8.33. The van der Waals surface area contributed by atoms with Crippen molar-refractivity contribution in [2.45, 2.75) is 31.5 Å². The summed E-state index contributed by atoms with van der Waals surface area (Å²) in [5.41, 5.74) is 1.02. The Labute approximate surface area is 235 Å². The number of nitrogens with zero attached hydrogens (tertiary/aromatic N) is 6. The molecule has 11 nitrogen and oxygen atoms in total. The minimum absolute atomic E-state index is 0.0638. The van der Waals surface area contributed by atoms with Gasteiger partial charge in [-0.2, -0.15) is 0 Å². The first kappa shape index (κ1) is 27.9. The maximum absolute atomic E-state index is 12.5. The molecule has 0 radical (unpaired) electrons. The number of amides is 2. The molecule has 4 aromatic rings. The van der Waals surface area contributed by atoms with Gasteiger partial charge in [-0.05, 0) is 48.4 Å². The Morgan fingerprint density at radius 2 is 1.83 bits per heavy atom. The van der Waals surface area contributed by atoms with E-state index in [0.29, 0.717) is 41.1 Å². The lowest BCUT2D eigenvalue weighted by Crippen LogP contribution is -2.21. The van der Waals surface area contributed by atoms with E-state index in [2.05, 4.69) is 40.7 Å². The van der Waals surface area contributed by atoms with Gasteiger partial charge in [-0.3, -0.25) is 14.6 Å². The number of benzene rings is 1. The van der Waals surface area contributed by atoms with Crippen LogP contribution in [0.25, 0.3) is 0 Å². The fraction of sp³-hybridized carbons (Fsp3) is 0.269. The van der Waals surface area contributed by atoms with E-state index >= 15 is 0 Å². The fourth-order valence-electron chi connectivity index (χ4n) is 4.24. The summed E-state index contributed by atoms with van der Waals surface area (Å²) in [5, 5.41) is 23.0. The Balaban J connectivity index is 1.11. The van der Waals surface area contributed by atoms with E-state index in [1.807, 2.05) is 11.0 Å². The smallest absolute Gasteiger partial charge is 0.406 e. The van der Waals surface area contributed by atoms with Crippen LogP contribution in [0.4, 0.5) is 29.9 Å². The topological polar surface area (TPSA) is 135 Å². The summed E-state index contributed by atoms with van der Waals surface area (Å²) < 4.78 is 41.3. The average Bonchev–Trinajstić information content (AvgIpc) is 3.59. The second-order valence-electron chi connectivity index (χ2n) is 9.12. The number of pyridine rings is 1. The monoisotopic (exact) mass is 584 g/mol. The molecule has 212 valence electrons. The minimum Gasteiger partial charge on any atom is -0.406 e. The Morgan fingerprint density at radius 1 is 0.976 bits per heavy atom. The summed E-state index contributed by atoms with van der Waals surface area (Å²) in [5.74, 6) is -0.00698. The van der Waals surface area contributed by atoms with E-state index in [4.69, 9.17) is 0 Å². The van der Waals surface area contributed by atoms with E-state index in [0.717, 1.165) is 17.5 Å². The van der Waals surface area contributed by atoms with Gasteiger partial charge in [-0.15, -0.1) is 33.6 Å². The molecule has 15 heteroatoms. The molecule has 3 aromatic heterocycles. The van der Waals surface area contributed by atoms with Crippen molar-refractivity contribution in [3.05, 3.63) is 77.1 Å². The zero-order valence-corrected chi connectivity index (χ0v) is 22.2. The van der Waals surface area contributed by atoms with Crippen molar-refractivity contribution in [1.82, 2.24) is 25.4 Å². The van der Waals surface area contributed by atoms with Crippen LogP contribution in [0.15, 0.2) is 60.8 Å². The van der Waals surface area contributed by atoms with Gasteiger partial charge >= 0.3 is 6.36 Å². The molecule has 2 N–H and O–H groups in total. The predicted octanol–water partition coefficient (Wildman–Crippen LogP) is 3.98. The molecule has 1 aromatic carbocycles. The third-order valence-corrected chi connectivity index (χ3v) is 7.03. The molecule has 2 amide bonds. The van der Waals surface area contributed by atoms with Crippen LogP contribution in [0.5, 0.6) is 5.75 Å². The second-order valence-corrected chi connectivity index (χ2v) is 10.1. The second kappa shape index (κ2) is 12.2. The number of alkyl halides is 3. The van der Waals surface area contributed by atoms with Gasteiger partial charge in [-0.1, -0.05) is 29.5 Å². The van der Waals surface area contributed by atoms with Crippen molar-refractivity contribution in [1.29, 1.82) is 0 Å². The highest BCUT2D eigenvalue weighted by Crippen LogP contribution is 2.33. The van der Waals surface area contributed by atoms with Gasteiger partial charge in [0.05, 0.1) is 12.8 Å². The molecule has 4 heterocycles. The van der Waals surface area contributed by atoms with E-state index in [1.165, 1.54) is 29.5 Å². The summed E-state index contributed by atoms with van der Waals surface area (Å²) in [7, 11) is 0. The predicted molar refractivity (Wildman–Crippen MR) is 144 cm³/mol. The SMILES string of the molecule is O=C(Cc1ccccn1)Nc1ccc(N2CCC(c3nnc(NC(=O)Cc4cccc(OC(F)(F)F)c4)s3)C2)nn1. The third-order valence-electron chi connectivity index (χ3n) is 6.03. The molecule has 0 spiro atoms. The van der Waals surface area contributed by atoms with Crippen LogP contribution >= 0.6 is 11.3 Å². The highest BCUT2D eigenvalue weighted by molar-refractivity contribution is 7.15. The zero-order chi connectivity index (χ0) is 28.8. The van der Waals surface area contributed by atoms with Gasteiger partial charge < -0.3 is 20.3 Å². The molecule has 1 unspecified atom stereocenters. The van der Waals surface area contributed by atoms with E-state index in [-0.39, 0.29) is 24.7 Å². The van der Waals surface area contributed by atoms with Gasteiger partial charge in [0.2, 0.25) is 16.9 Å². The molecule has 1 aliphatic heterocycles. The van der Waals surface area contributed by atoms with Crippen LogP contribution in [0.1, 0.15) is 28.6 Å². The number of hydrogen-bond donors (Lipinski definition) is 2. The molecule has 5 rings (SSSR count). The van der Waals surface area contributed by atoms with Crippen LogP contribution in [-0.4, -0.2) is 56.6 Å². The van der Waals surface area contributed by atoms with Crippen LogP contribution < -0.4 is 20.3 Å². The van der Waals surface area contributed by atoms with Crippen molar-refractivity contribution in [2.24, 2.45) is 0 Å². The number of carbonyl (C=O) groups excluding carboxylic acids is 2. The molecule has 1 fully saturated rings. The van der Waals surface area contributed by atoms with Crippen molar-refractivity contribution in [3.8, 4) is 5.75 Å². The number of hydrogen-bond acceptors (Lipinski definition) is 10. The molecule has 0 saturated carbocycles. The van der Waals surface area contributed by atoms with Crippen molar-refractivity contribution in [2.75, 3.05) is 28.6 Å². The summed E-state index contributed by atoms with van der Waals surface area (Å²) in [6.45, 7) is 1.33. The standard InChI is InChI=1S/C26H23F3N8O3S/c27-26(28,29)40-19-6-3-4-16(12-19)13-22(38)32-25-36-35-24(41-25)17-9-11-37(15-17)21-8-7-20(33-34-21)31-23(39)14-18-5-1-2-10-30-18/h1-8,10,12,17H,9,11,13-15H2,(H,31,33,39)(H,32,36,38). The van der Waals surface area contributed by atoms with Crippen LogP contribution in [0, 0.1) is 0 Å². The first-order valence-electron chi connectivity index (χ1n) is 12.5. The minimum atomic E-state index is -4.81. The summed E-state index contributed by atoms with van der Waals surface area (Å²) >= 11 is 1.24. The fourth-order valence-corrected chi connectivity index (χ4v) is 5.12. The molecule has 1 atom stereocenters. The van der Waals surface area contributed by atoms with Gasteiger partial charge in [0.1, 0.15) is 10.8 Å². The van der Waals surface area contributed by atoms with Crippen molar-refractivity contribution in [3.63, 3.8) is 0 Å². The van der Waals surface area contributed by atoms with Gasteiger partial charge in [0.25, 0.3) is 0 Å². The van der Waals surface area contributed by atoms with Crippen LogP contribution in [0.3, 0.4) is 0 Å². The lowest BCUT2D eigenvalue weighted by atomic mass is 10.1. The Bertz CT molecular complexity index is 1500. The lowest BCUT2D eigenvalue weighted by molar-refractivity contribution is -0.274. The number of aromatic nitrogens is 5. The summed E-state index contributed by atoms with van der Waals surface area (Å²) in [6, 6.07) is 14.1. The number of rotatable bonds is 9. The average molecular weight is 585 g/mol. The normalized spacial score (nSPS) is 15.0. The lowest BCUT2D eigenvalue weighted by Gasteiger charge is -2.16. The third kappa shape index (κ3) is 7.94. The highest BCUT2D eigenvalue weighted by Gasteiger charge is 2.31. The molecule has 1 saturated heterocycles. The molecule has 1 aliphatic rings. The number of carbonyl (C=O) groups is 2. The van der Waals surface area contributed by atoms with Crippen molar-refractivity contribution < 1.29 is 27.5 Å². The summed E-state index contributed by atoms with van der Waals surface area (Å²) in [6.07, 6.45) is -2.41.